The average Bonchev–Trinajstić information content (AvgIpc) is 2.83. The molecule has 1 nitrogen and oxygen atoms in total. The Kier molecular flexibility index (Phi) is 8.10. The van der Waals surface area contributed by atoms with E-state index in [1.54, 1.807) is 13.2 Å². The number of methoxy groups -OCH3 is 1. The molecular weight excluding hydrogens is 459 g/mol. The zero-order valence-electron chi connectivity index (χ0n) is 19.9. The largest absolute Gasteiger partial charge is 0.419 e. The number of ether oxygens (including phenoxy) is 1. The molecular formula is C29H31F5O. The lowest BCUT2D eigenvalue weighted by Gasteiger charge is -2.29. The van der Waals surface area contributed by atoms with E-state index in [-0.39, 0.29) is 18.7 Å². The van der Waals surface area contributed by atoms with Gasteiger partial charge in [0, 0.05) is 19.1 Å². The molecule has 0 aromatic heterocycles. The molecule has 1 aliphatic carbocycles. The molecule has 0 bridgehead atoms. The lowest BCUT2D eigenvalue weighted by atomic mass is 9.77. The Bertz CT molecular complexity index is 1150. The van der Waals surface area contributed by atoms with Gasteiger partial charge in [-0.2, -0.15) is 13.2 Å². The molecule has 1 saturated carbocycles. The Morgan fingerprint density at radius 1 is 0.886 bits per heavy atom. The van der Waals surface area contributed by atoms with Gasteiger partial charge in [0.05, 0.1) is 5.56 Å². The molecule has 4 rings (SSSR count). The molecule has 1 fully saturated rings. The highest BCUT2D eigenvalue weighted by Gasteiger charge is 2.33. The second kappa shape index (κ2) is 11.1. The molecule has 0 amide bonds. The highest BCUT2D eigenvalue weighted by molar-refractivity contribution is 5.84. The van der Waals surface area contributed by atoms with E-state index in [0.29, 0.717) is 22.4 Å². The average molecular weight is 491 g/mol. The molecule has 3 aromatic rings. The minimum absolute atomic E-state index is 0.253. The molecule has 1 aliphatic rings. The zero-order chi connectivity index (χ0) is 25.0. The van der Waals surface area contributed by atoms with Crippen molar-refractivity contribution in [1.29, 1.82) is 0 Å². The van der Waals surface area contributed by atoms with Gasteiger partial charge in [-0.15, -0.1) is 0 Å². The number of benzene rings is 3. The maximum absolute atomic E-state index is 15.2. The van der Waals surface area contributed by atoms with E-state index < -0.39 is 17.6 Å². The van der Waals surface area contributed by atoms with Crippen LogP contribution >= 0.6 is 0 Å². The van der Waals surface area contributed by atoms with E-state index in [2.05, 4.69) is 6.07 Å². The van der Waals surface area contributed by atoms with Crippen LogP contribution in [-0.4, -0.2) is 13.7 Å². The minimum Gasteiger partial charge on any atom is -0.385 e. The third-order valence-electron chi connectivity index (χ3n) is 7.36. The predicted octanol–water partition coefficient (Wildman–Crippen LogP) is 8.62. The van der Waals surface area contributed by atoms with Gasteiger partial charge in [0.1, 0.15) is 11.6 Å². The van der Waals surface area contributed by atoms with Crippen molar-refractivity contribution in [3.05, 3.63) is 82.4 Å². The standard InChI is InChI=1S/C29H31F5O/c1-35-16-2-3-19-4-8-21(9-5-19)23-13-14-25-24(18-23)12-11-22(28(25)31)10-6-20-7-15-26(27(30)17-20)29(32,33)34/h7,11-15,17-19,21H,2-6,8-10,16H2,1H3. The molecule has 35 heavy (non-hydrogen) atoms. The summed E-state index contributed by atoms with van der Waals surface area (Å²) < 4.78 is 72.5. The van der Waals surface area contributed by atoms with Crippen molar-refractivity contribution in [2.24, 2.45) is 5.92 Å². The molecule has 0 heterocycles. The first-order valence-corrected chi connectivity index (χ1v) is 12.3. The molecule has 0 atom stereocenters. The number of aryl methyl sites for hydroxylation is 2. The molecule has 0 radical (unpaired) electrons. The van der Waals surface area contributed by atoms with Crippen molar-refractivity contribution >= 4 is 10.8 Å². The van der Waals surface area contributed by atoms with E-state index in [1.165, 1.54) is 30.9 Å². The number of fused-ring (bicyclic) bond motifs is 1. The van der Waals surface area contributed by atoms with Gasteiger partial charge >= 0.3 is 6.18 Å². The van der Waals surface area contributed by atoms with E-state index in [0.717, 1.165) is 49.3 Å². The highest BCUT2D eigenvalue weighted by atomic mass is 19.4. The van der Waals surface area contributed by atoms with Crippen LogP contribution in [-0.2, 0) is 23.8 Å². The molecule has 0 unspecified atom stereocenters. The van der Waals surface area contributed by atoms with Crippen LogP contribution < -0.4 is 0 Å². The van der Waals surface area contributed by atoms with Crippen LogP contribution in [0.3, 0.4) is 0 Å². The summed E-state index contributed by atoms with van der Waals surface area (Å²) in [7, 11) is 1.74. The molecule has 3 aromatic carbocycles. The Morgan fingerprint density at radius 2 is 1.66 bits per heavy atom. The van der Waals surface area contributed by atoms with Crippen molar-refractivity contribution in [2.45, 2.75) is 63.5 Å². The van der Waals surface area contributed by atoms with Crippen LogP contribution in [0.2, 0.25) is 0 Å². The third-order valence-corrected chi connectivity index (χ3v) is 7.36. The molecule has 0 saturated heterocycles. The minimum atomic E-state index is -4.73. The summed E-state index contributed by atoms with van der Waals surface area (Å²) in [6.45, 7) is 0.819. The molecule has 0 aliphatic heterocycles. The first kappa shape index (κ1) is 25.6. The predicted molar refractivity (Wildman–Crippen MR) is 129 cm³/mol. The second-order valence-electron chi connectivity index (χ2n) is 9.68. The van der Waals surface area contributed by atoms with Crippen LogP contribution in [0.25, 0.3) is 10.8 Å². The van der Waals surface area contributed by atoms with Gasteiger partial charge < -0.3 is 4.74 Å². The Balaban J connectivity index is 1.41. The number of alkyl halides is 3. The fraction of sp³-hybridized carbons (Fsp3) is 0.448. The van der Waals surface area contributed by atoms with Crippen LogP contribution in [0.5, 0.6) is 0 Å². The summed E-state index contributed by atoms with van der Waals surface area (Å²) in [4.78, 5) is 0. The van der Waals surface area contributed by atoms with Gasteiger partial charge in [-0.25, -0.2) is 8.78 Å². The Hall–Kier alpha value is -2.47. The van der Waals surface area contributed by atoms with Crippen LogP contribution in [0.4, 0.5) is 22.0 Å². The van der Waals surface area contributed by atoms with Gasteiger partial charge in [-0.3, -0.25) is 0 Å². The van der Waals surface area contributed by atoms with Crippen molar-refractivity contribution in [2.75, 3.05) is 13.7 Å². The van der Waals surface area contributed by atoms with E-state index in [9.17, 15) is 17.6 Å². The summed E-state index contributed by atoms with van der Waals surface area (Å²) in [6.07, 6.45) is 2.85. The van der Waals surface area contributed by atoms with Gasteiger partial charge in [-0.1, -0.05) is 36.4 Å². The van der Waals surface area contributed by atoms with Gasteiger partial charge in [0.2, 0.25) is 0 Å². The van der Waals surface area contributed by atoms with Gasteiger partial charge in [0.25, 0.3) is 0 Å². The first-order chi connectivity index (χ1) is 16.8. The smallest absolute Gasteiger partial charge is 0.385 e. The topological polar surface area (TPSA) is 9.23 Å². The highest BCUT2D eigenvalue weighted by Crippen LogP contribution is 2.39. The van der Waals surface area contributed by atoms with Gasteiger partial charge in [-0.05, 0) is 97.4 Å². The number of rotatable bonds is 8. The van der Waals surface area contributed by atoms with Crippen molar-refractivity contribution in [3.63, 3.8) is 0 Å². The Labute approximate surface area is 203 Å². The molecule has 0 N–H and O–H groups in total. The van der Waals surface area contributed by atoms with E-state index in [4.69, 9.17) is 4.74 Å². The summed E-state index contributed by atoms with van der Waals surface area (Å²) in [5, 5.41) is 1.39. The maximum Gasteiger partial charge on any atom is 0.419 e. The van der Waals surface area contributed by atoms with Crippen molar-refractivity contribution in [1.82, 2.24) is 0 Å². The third kappa shape index (κ3) is 6.21. The lowest BCUT2D eigenvalue weighted by Crippen LogP contribution is -2.14. The number of hydrogen-bond acceptors (Lipinski definition) is 1. The van der Waals surface area contributed by atoms with Crippen molar-refractivity contribution < 1.29 is 26.7 Å². The fourth-order valence-electron chi connectivity index (χ4n) is 5.33. The summed E-state index contributed by atoms with van der Waals surface area (Å²) in [5.41, 5.74) is 0.846. The Morgan fingerprint density at radius 3 is 2.34 bits per heavy atom. The SMILES string of the molecule is COCCCC1CCC(c2ccc3c(F)c(CCc4ccc(C(F)(F)F)c(F)c4)ccc3c2)CC1. The van der Waals surface area contributed by atoms with E-state index in [1.807, 2.05) is 18.2 Å². The maximum atomic E-state index is 15.2. The molecule has 0 spiro atoms. The van der Waals surface area contributed by atoms with Crippen molar-refractivity contribution in [3.8, 4) is 0 Å². The number of halogens is 5. The quantitative estimate of drug-likeness (QED) is 0.227. The fourth-order valence-corrected chi connectivity index (χ4v) is 5.33. The van der Waals surface area contributed by atoms with Crippen LogP contribution in [0, 0.1) is 17.6 Å². The summed E-state index contributed by atoms with van der Waals surface area (Å²) in [6, 6.07) is 12.5. The number of hydrogen-bond donors (Lipinski definition) is 0. The molecule has 188 valence electrons. The van der Waals surface area contributed by atoms with Gasteiger partial charge in [0.15, 0.2) is 0 Å². The second-order valence-corrected chi connectivity index (χ2v) is 9.68. The summed E-state index contributed by atoms with van der Waals surface area (Å²) >= 11 is 0. The van der Waals surface area contributed by atoms with Crippen LogP contribution in [0.1, 0.15) is 66.7 Å². The van der Waals surface area contributed by atoms with Crippen LogP contribution in [0.15, 0.2) is 48.5 Å². The monoisotopic (exact) mass is 490 g/mol. The summed E-state index contributed by atoms with van der Waals surface area (Å²) in [5.74, 6) is -0.357. The lowest BCUT2D eigenvalue weighted by molar-refractivity contribution is -0.140. The normalized spacial score (nSPS) is 18.8. The molecule has 6 heteroatoms. The van der Waals surface area contributed by atoms with E-state index >= 15 is 4.39 Å². The zero-order valence-corrected chi connectivity index (χ0v) is 19.9. The first-order valence-electron chi connectivity index (χ1n) is 12.3.